The fourth-order valence-electron chi connectivity index (χ4n) is 3.88. The maximum atomic E-state index is 11.5. The fraction of sp³-hybridized carbons (Fsp3) is 0.429. The standard InChI is InChI=1S/C21H29N3O3S/c1-23(2)13-17-10-11-24(15-17)14-16-4-9-21(27-3)20(12-16)18-5-7-19(8-6-18)28(22,25)26/h4-9,12,17H,10-11,13-15H2,1-3H3,(H2,22,25,26). The van der Waals surface area contributed by atoms with Crippen molar-refractivity contribution in [2.75, 3.05) is 40.8 Å². The molecule has 2 N–H and O–H groups in total. The van der Waals surface area contributed by atoms with Crippen LogP contribution in [0.15, 0.2) is 47.4 Å². The normalized spacial score (nSPS) is 18.0. The Morgan fingerprint density at radius 3 is 2.50 bits per heavy atom. The molecule has 2 aromatic rings. The zero-order chi connectivity index (χ0) is 20.3. The number of likely N-dealkylation sites (tertiary alicyclic amines) is 1. The molecule has 7 heteroatoms. The SMILES string of the molecule is COc1ccc(CN2CCC(CN(C)C)C2)cc1-c1ccc(S(N)(=O)=O)cc1. The van der Waals surface area contributed by atoms with E-state index < -0.39 is 10.0 Å². The summed E-state index contributed by atoms with van der Waals surface area (Å²) in [6.45, 7) is 4.25. The van der Waals surface area contributed by atoms with Crippen LogP contribution in [-0.4, -0.2) is 59.1 Å². The van der Waals surface area contributed by atoms with E-state index in [1.165, 1.54) is 24.1 Å². The molecule has 0 aliphatic carbocycles. The highest BCUT2D eigenvalue weighted by molar-refractivity contribution is 7.89. The Bertz CT molecular complexity index is 911. The molecule has 0 aromatic heterocycles. The van der Waals surface area contributed by atoms with Gasteiger partial charge in [0.25, 0.3) is 0 Å². The Balaban J connectivity index is 1.79. The minimum Gasteiger partial charge on any atom is -0.496 e. The number of sulfonamides is 1. The lowest BCUT2D eigenvalue weighted by atomic mass is 10.0. The number of benzene rings is 2. The smallest absolute Gasteiger partial charge is 0.238 e. The molecule has 0 saturated carbocycles. The van der Waals surface area contributed by atoms with Gasteiger partial charge >= 0.3 is 0 Å². The first-order valence-corrected chi connectivity index (χ1v) is 11.0. The first kappa shape index (κ1) is 20.8. The summed E-state index contributed by atoms with van der Waals surface area (Å²) in [5.41, 5.74) is 3.07. The molecule has 1 fully saturated rings. The van der Waals surface area contributed by atoms with Crippen molar-refractivity contribution in [1.82, 2.24) is 9.80 Å². The minimum atomic E-state index is -3.70. The highest BCUT2D eigenvalue weighted by Gasteiger charge is 2.23. The maximum absolute atomic E-state index is 11.5. The molecule has 0 bridgehead atoms. The molecule has 1 aliphatic rings. The third-order valence-corrected chi connectivity index (χ3v) is 6.09. The number of methoxy groups -OCH3 is 1. The number of nitrogens with zero attached hydrogens (tertiary/aromatic N) is 2. The molecule has 1 saturated heterocycles. The molecule has 152 valence electrons. The van der Waals surface area contributed by atoms with Gasteiger partial charge < -0.3 is 9.64 Å². The van der Waals surface area contributed by atoms with Crippen LogP contribution in [0.1, 0.15) is 12.0 Å². The van der Waals surface area contributed by atoms with E-state index in [0.717, 1.165) is 49.0 Å². The van der Waals surface area contributed by atoms with Gasteiger partial charge in [0.1, 0.15) is 5.75 Å². The lowest BCUT2D eigenvalue weighted by Crippen LogP contribution is -2.25. The van der Waals surface area contributed by atoms with Crippen LogP contribution < -0.4 is 9.88 Å². The predicted molar refractivity (Wildman–Crippen MR) is 112 cm³/mol. The van der Waals surface area contributed by atoms with Crippen LogP contribution in [0.2, 0.25) is 0 Å². The molecular weight excluding hydrogens is 374 g/mol. The van der Waals surface area contributed by atoms with Crippen LogP contribution in [-0.2, 0) is 16.6 Å². The van der Waals surface area contributed by atoms with Gasteiger partial charge in [-0.1, -0.05) is 18.2 Å². The van der Waals surface area contributed by atoms with Gasteiger partial charge in [0.2, 0.25) is 10.0 Å². The molecule has 0 radical (unpaired) electrons. The number of primary sulfonamides is 1. The number of rotatable bonds is 7. The second-order valence-corrected chi connectivity index (χ2v) is 9.32. The van der Waals surface area contributed by atoms with Crippen LogP contribution >= 0.6 is 0 Å². The molecular formula is C21H29N3O3S. The summed E-state index contributed by atoms with van der Waals surface area (Å²) in [6, 6.07) is 12.8. The number of hydrogen-bond acceptors (Lipinski definition) is 5. The Labute approximate surface area is 168 Å². The van der Waals surface area contributed by atoms with Gasteiger partial charge in [-0.2, -0.15) is 0 Å². The van der Waals surface area contributed by atoms with Gasteiger partial charge in [0.15, 0.2) is 0 Å². The molecule has 0 amide bonds. The second-order valence-electron chi connectivity index (χ2n) is 7.76. The summed E-state index contributed by atoms with van der Waals surface area (Å²) in [5, 5.41) is 5.20. The lowest BCUT2D eigenvalue weighted by Gasteiger charge is -2.19. The topological polar surface area (TPSA) is 75.9 Å². The first-order valence-electron chi connectivity index (χ1n) is 9.43. The van der Waals surface area contributed by atoms with E-state index in [4.69, 9.17) is 9.88 Å². The van der Waals surface area contributed by atoms with Crippen molar-refractivity contribution in [1.29, 1.82) is 0 Å². The van der Waals surface area contributed by atoms with Crippen molar-refractivity contribution in [3.63, 3.8) is 0 Å². The molecule has 1 aliphatic heterocycles. The van der Waals surface area contributed by atoms with Gasteiger partial charge in [-0.05, 0) is 68.4 Å². The summed E-state index contributed by atoms with van der Waals surface area (Å²) in [5.74, 6) is 1.48. The van der Waals surface area contributed by atoms with Crippen molar-refractivity contribution in [3.05, 3.63) is 48.0 Å². The summed E-state index contributed by atoms with van der Waals surface area (Å²) >= 11 is 0. The number of hydrogen-bond donors (Lipinski definition) is 1. The summed E-state index contributed by atoms with van der Waals surface area (Å²) < 4.78 is 28.5. The van der Waals surface area contributed by atoms with E-state index in [2.05, 4.69) is 36.0 Å². The zero-order valence-corrected chi connectivity index (χ0v) is 17.6. The molecule has 1 heterocycles. The molecule has 0 spiro atoms. The van der Waals surface area contributed by atoms with Crippen LogP contribution in [0.5, 0.6) is 5.75 Å². The van der Waals surface area contributed by atoms with Crippen LogP contribution in [0.3, 0.4) is 0 Å². The van der Waals surface area contributed by atoms with Crippen molar-refractivity contribution >= 4 is 10.0 Å². The van der Waals surface area contributed by atoms with Crippen molar-refractivity contribution in [3.8, 4) is 16.9 Å². The average Bonchev–Trinajstić information content (AvgIpc) is 3.07. The average molecular weight is 404 g/mol. The molecule has 28 heavy (non-hydrogen) atoms. The van der Waals surface area contributed by atoms with Crippen molar-refractivity contribution in [2.45, 2.75) is 17.9 Å². The number of ether oxygens (including phenoxy) is 1. The summed E-state index contributed by atoms with van der Waals surface area (Å²) in [7, 11) is 2.19. The van der Waals surface area contributed by atoms with Gasteiger partial charge in [-0.25, -0.2) is 13.6 Å². The monoisotopic (exact) mass is 403 g/mol. The van der Waals surface area contributed by atoms with Crippen molar-refractivity contribution in [2.24, 2.45) is 11.1 Å². The lowest BCUT2D eigenvalue weighted by molar-refractivity contribution is 0.286. The van der Waals surface area contributed by atoms with Crippen LogP contribution in [0.4, 0.5) is 0 Å². The quantitative estimate of drug-likeness (QED) is 0.768. The van der Waals surface area contributed by atoms with Gasteiger partial charge in [0, 0.05) is 25.2 Å². The fourth-order valence-corrected chi connectivity index (χ4v) is 4.40. The van der Waals surface area contributed by atoms with Crippen molar-refractivity contribution < 1.29 is 13.2 Å². The highest BCUT2D eigenvalue weighted by Crippen LogP contribution is 2.32. The van der Waals surface area contributed by atoms with Crippen LogP contribution in [0.25, 0.3) is 11.1 Å². The Morgan fingerprint density at radius 1 is 1.18 bits per heavy atom. The summed E-state index contributed by atoms with van der Waals surface area (Å²) in [4.78, 5) is 4.85. The predicted octanol–water partition coefficient (Wildman–Crippen LogP) is 2.39. The second kappa shape index (κ2) is 8.61. The maximum Gasteiger partial charge on any atom is 0.238 e. The van der Waals surface area contributed by atoms with Gasteiger partial charge in [0.05, 0.1) is 12.0 Å². The van der Waals surface area contributed by atoms with Gasteiger partial charge in [-0.3, -0.25) is 4.90 Å². The Hall–Kier alpha value is -1.93. The molecule has 2 aromatic carbocycles. The van der Waals surface area contributed by atoms with E-state index in [0.29, 0.717) is 0 Å². The van der Waals surface area contributed by atoms with E-state index in [-0.39, 0.29) is 4.90 Å². The third kappa shape index (κ3) is 5.11. The third-order valence-electron chi connectivity index (χ3n) is 5.16. The highest BCUT2D eigenvalue weighted by atomic mass is 32.2. The van der Waals surface area contributed by atoms with E-state index in [1.54, 1.807) is 19.2 Å². The van der Waals surface area contributed by atoms with E-state index in [9.17, 15) is 8.42 Å². The van der Waals surface area contributed by atoms with E-state index >= 15 is 0 Å². The Morgan fingerprint density at radius 2 is 1.89 bits per heavy atom. The summed E-state index contributed by atoms with van der Waals surface area (Å²) in [6.07, 6.45) is 1.23. The van der Waals surface area contributed by atoms with E-state index in [1.807, 2.05) is 6.07 Å². The minimum absolute atomic E-state index is 0.107. The molecule has 3 rings (SSSR count). The molecule has 1 atom stereocenters. The van der Waals surface area contributed by atoms with Gasteiger partial charge in [-0.15, -0.1) is 0 Å². The Kier molecular flexibility index (Phi) is 6.40. The largest absolute Gasteiger partial charge is 0.496 e. The molecule has 1 unspecified atom stereocenters. The zero-order valence-electron chi connectivity index (χ0n) is 16.8. The van der Waals surface area contributed by atoms with Crippen LogP contribution in [0, 0.1) is 5.92 Å². The molecule has 6 nitrogen and oxygen atoms in total. The number of nitrogens with two attached hydrogens (primary N) is 1. The first-order chi connectivity index (χ1) is 13.3.